The molecule has 5 nitrogen and oxygen atoms in total. The lowest BCUT2D eigenvalue weighted by molar-refractivity contribution is -0.145. The second-order valence-corrected chi connectivity index (χ2v) is 6.03. The summed E-state index contributed by atoms with van der Waals surface area (Å²) in [6, 6.07) is 0.00233. The number of hydrogen-bond donors (Lipinski definition) is 0. The van der Waals surface area contributed by atoms with Crippen molar-refractivity contribution in [2.75, 3.05) is 13.2 Å². The highest BCUT2D eigenvalue weighted by Gasteiger charge is 2.31. The normalized spacial score (nSPS) is 16.9. The van der Waals surface area contributed by atoms with Gasteiger partial charge in [0.2, 0.25) is 0 Å². The van der Waals surface area contributed by atoms with E-state index in [9.17, 15) is 9.59 Å². The third-order valence-corrected chi connectivity index (χ3v) is 4.14. The predicted molar refractivity (Wildman–Crippen MR) is 85.7 cm³/mol. The van der Waals surface area contributed by atoms with Crippen LogP contribution in [0.5, 0.6) is 0 Å². The first-order valence-electron chi connectivity index (χ1n) is 8.70. The summed E-state index contributed by atoms with van der Waals surface area (Å²) < 4.78 is 10.4. The van der Waals surface area contributed by atoms with Crippen LogP contribution >= 0.6 is 0 Å². The van der Waals surface area contributed by atoms with E-state index in [0.29, 0.717) is 13.2 Å². The number of nitrogens with zero attached hydrogens (tertiary/aromatic N) is 1. The number of rotatable bonds is 8. The van der Waals surface area contributed by atoms with Crippen molar-refractivity contribution in [3.8, 4) is 0 Å². The maximum Gasteiger partial charge on any atom is 0.410 e. The average Bonchev–Trinajstić information content (AvgIpc) is 2.49. The third kappa shape index (κ3) is 6.24. The van der Waals surface area contributed by atoms with Crippen LogP contribution in [0.2, 0.25) is 0 Å². The van der Waals surface area contributed by atoms with Crippen molar-refractivity contribution in [3.05, 3.63) is 0 Å². The Morgan fingerprint density at radius 3 is 2.41 bits per heavy atom. The Bertz CT molecular complexity index is 340. The Kier molecular flexibility index (Phi) is 8.94. The zero-order valence-corrected chi connectivity index (χ0v) is 14.3. The third-order valence-electron chi connectivity index (χ3n) is 4.14. The molecule has 1 atom stereocenters. The summed E-state index contributed by atoms with van der Waals surface area (Å²) >= 11 is 0. The first kappa shape index (κ1) is 18.8. The molecular formula is C17H31NO4. The van der Waals surface area contributed by atoms with Crippen LogP contribution in [0.25, 0.3) is 0 Å². The minimum absolute atomic E-state index is 0.184. The second-order valence-electron chi connectivity index (χ2n) is 6.03. The first-order valence-corrected chi connectivity index (χ1v) is 8.70. The summed E-state index contributed by atoms with van der Waals surface area (Å²) in [6.45, 7) is 6.59. The largest absolute Gasteiger partial charge is 0.466 e. The predicted octanol–water partition coefficient (Wildman–Crippen LogP) is 3.90. The zero-order valence-electron chi connectivity index (χ0n) is 14.3. The fourth-order valence-corrected chi connectivity index (χ4v) is 2.97. The lowest BCUT2D eigenvalue weighted by atomic mass is 9.93. The van der Waals surface area contributed by atoms with E-state index in [-0.39, 0.29) is 30.6 Å². The van der Waals surface area contributed by atoms with Crippen molar-refractivity contribution in [1.82, 2.24) is 4.90 Å². The van der Waals surface area contributed by atoms with Gasteiger partial charge in [-0.05, 0) is 33.1 Å². The maximum atomic E-state index is 12.3. The van der Waals surface area contributed by atoms with Crippen LogP contribution in [0.15, 0.2) is 0 Å². The smallest absolute Gasteiger partial charge is 0.410 e. The minimum Gasteiger partial charge on any atom is -0.466 e. The molecule has 0 aromatic heterocycles. The highest BCUT2D eigenvalue weighted by Crippen LogP contribution is 2.26. The highest BCUT2D eigenvalue weighted by molar-refractivity contribution is 5.73. The molecule has 5 heteroatoms. The van der Waals surface area contributed by atoms with Crippen molar-refractivity contribution in [3.63, 3.8) is 0 Å². The number of ether oxygens (including phenoxy) is 2. The van der Waals surface area contributed by atoms with Gasteiger partial charge < -0.3 is 14.4 Å². The molecule has 0 spiro atoms. The summed E-state index contributed by atoms with van der Waals surface area (Å²) in [5, 5.41) is 0. The molecule has 0 aromatic carbocycles. The SMILES string of the molecule is CCCCOC(=O)CC(C)N(C(=O)OCC)C1CCCCC1. The van der Waals surface area contributed by atoms with Crippen molar-refractivity contribution in [2.24, 2.45) is 0 Å². The summed E-state index contributed by atoms with van der Waals surface area (Å²) in [4.78, 5) is 25.9. The van der Waals surface area contributed by atoms with E-state index >= 15 is 0 Å². The zero-order chi connectivity index (χ0) is 16.4. The maximum absolute atomic E-state index is 12.3. The fraction of sp³-hybridized carbons (Fsp3) is 0.882. The van der Waals surface area contributed by atoms with Crippen molar-refractivity contribution < 1.29 is 19.1 Å². The van der Waals surface area contributed by atoms with Gasteiger partial charge in [0, 0.05) is 12.1 Å². The van der Waals surface area contributed by atoms with Crippen LogP contribution in [-0.2, 0) is 14.3 Å². The van der Waals surface area contributed by atoms with Crippen LogP contribution in [0.4, 0.5) is 4.79 Å². The fourth-order valence-electron chi connectivity index (χ4n) is 2.97. The first-order chi connectivity index (χ1) is 10.6. The number of carbonyl (C=O) groups excluding carboxylic acids is 2. The van der Waals surface area contributed by atoms with E-state index in [0.717, 1.165) is 38.5 Å². The van der Waals surface area contributed by atoms with Gasteiger partial charge in [-0.3, -0.25) is 4.79 Å². The molecule has 0 N–H and O–H groups in total. The molecule has 0 saturated heterocycles. The molecule has 1 fully saturated rings. The molecule has 1 amide bonds. The molecule has 0 bridgehead atoms. The van der Waals surface area contributed by atoms with Crippen LogP contribution in [0.3, 0.4) is 0 Å². The Morgan fingerprint density at radius 2 is 1.82 bits per heavy atom. The van der Waals surface area contributed by atoms with Gasteiger partial charge in [-0.15, -0.1) is 0 Å². The molecule has 0 heterocycles. The Balaban J connectivity index is 2.60. The topological polar surface area (TPSA) is 55.8 Å². The molecule has 1 aliphatic rings. The molecule has 0 radical (unpaired) electrons. The Labute approximate surface area is 134 Å². The van der Waals surface area contributed by atoms with E-state index in [1.807, 2.05) is 6.92 Å². The molecular weight excluding hydrogens is 282 g/mol. The number of unbranched alkanes of at least 4 members (excludes halogenated alkanes) is 1. The van der Waals surface area contributed by atoms with Crippen molar-refractivity contribution in [2.45, 2.75) is 84.2 Å². The Morgan fingerprint density at radius 1 is 1.14 bits per heavy atom. The van der Waals surface area contributed by atoms with Crippen molar-refractivity contribution >= 4 is 12.1 Å². The molecule has 0 aliphatic heterocycles. The van der Waals surface area contributed by atoms with E-state index in [4.69, 9.17) is 9.47 Å². The van der Waals surface area contributed by atoms with Gasteiger partial charge in [-0.25, -0.2) is 4.79 Å². The summed E-state index contributed by atoms with van der Waals surface area (Å²) in [5.74, 6) is -0.231. The van der Waals surface area contributed by atoms with Gasteiger partial charge in [0.15, 0.2) is 0 Å². The molecule has 1 unspecified atom stereocenters. The lowest BCUT2D eigenvalue weighted by Gasteiger charge is -2.37. The lowest BCUT2D eigenvalue weighted by Crippen LogP contribution is -2.48. The van der Waals surface area contributed by atoms with Gasteiger partial charge in [0.1, 0.15) is 0 Å². The summed E-state index contributed by atoms with van der Waals surface area (Å²) in [6.07, 6.45) is 7.29. The van der Waals surface area contributed by atoms with Gasteiger partial charge in [-0.2, -0.15) is 0 Å². The Hall–Kier alpha value is -1.26. The monoisotopic (exact) mass is 313 g/mol. The summed E-state index contributed by atoms with van der Waals surface area (Å²) in [7, 11) is 0. The number of carbonyl (C=O) groups is 2. The number of hydrogen-bond acceptors (Lipinski definition) is 4. The standard InChI is InChI=1S/C17H31NO4/c1-4-6-12-22-16(19)13-14(3)18(17(20)21-5-2)15-10-8-7-9-11-15/h14-15H,4-13H2,1-3H3. The quantitative estimate of drug-likeness (QED) is 0.504. The molecule has 1 saturated carbocycles. The number of esters is 1. The van der Waals surface area contributed by atoms with Crippen LogP contribution in [0.1, 0.15) is 72.1 Å². The highest BCUT2D eigenvalue weighted by atomic mass is 16.6. The van der Waals surface area contributed by atoms with Gasteiger partial charge in [0.05, 0.1) is 19.6 Å². The van der Waals surface area contributed by atoms with Gasteiger partial charge in [0.25, 0.3) is 0 Å². The molecule has 128 valence electrons. The second kappa shape index (κ2) is 10.5. The number of amides is 1. The van der Waals surface area contributed by atoms with E-state index in [1.54, 1.807) is 11.8 Å². The van der Waals surface area contributed by atoms with E-state index in [1.165, 1.54) is 6.42 Å². The van der Waals surface area contributed by atoms with E-state index < -0.39 is 0 Å². The average molecular weight is 313 g/mol. The van der Waals surface area contributed by atoms with Gasteiger partial charge >= 0.3 is 12.1 Å². The van der Waals surface area contributed by atoms with Crippen LogP contribution in [-0.4, -0.2) is 42.3 Å². The molecule has 22 heavy (non-hydrogen) atoms. The van der Waals surface area contributed by atoms with Crippen LogP contribution < -0.4 is 0 Å². The van der Waals surface area contributed by atoms with E-state index in [2.05, 4.69) is 6.92 Å². The molecule has 0 aromatic rings. The minimum atomic E-state index is -0.303. The van der Waals surface area contributed by atoms with Crippen LogP contribution in [0, 0.1) is 0 Å². The van der Waals surface area contributed by atoms with Crippen molar-refractivity contribution in [1.29, 1.82) is 0 Å². The summed E-state index contributed by atoms with van der Waals surface area (Å²) in [5.41, 5.74) is 0. The molecule has 1 rings (SSSR count). The molecule has 1 aliphatic carbocycles. The van der Waals surface area contributed by atoms with Gasteiger partial charge in [-0.1, -0.05) is 32.6 Å².